The molecule has 1 unspecified atom stereocenters. The van der Waals surface area contributed by atoms with Gasteiger partial charge in [-0.2, -0.15) is 0 Å². The van der Waals surface area contributed by atoms with E-state index in [-0.39, 0.29) is 11.3 Å². The maximum atomic E-state index is 13.6. The Morgan fingerprint density at radius 1 is 1.56 bits per heavy atom. The molecule has 0 aromatic heterocycles. The Morgan fingerprint density at radius 3 is 3.00 bits per heavy atom. The second-order valence-corrected chi connectivity index (χ2v) is 5.20. The first-order valence-electron chi connectivity index (χ1n) is 5.96. The summed E-state index contributed by atoms with van der Waals surface area (Å²) in [6.45, 7) is 1.23. The summed E-state index contributed by atoms with van der Waals surface area (Å²) in [6, 6.07) is 3.92. The first kappa shape index (κ1) is 13.3. The predicted molar refractivity (Wildman–Crippen MR) is 70.5 cm³/mol. The minimum absolute atomic E-state index is 0.215. The van der Waals surface area contributed by atoms with Gasteiger partial charge in [0.1, 0.15) is 17.1 Å². The highest BCUT2D eigenvalue weighted by Gasteiger charge is 2.27. The van der Waals surface area contributed by atoms with E-state index in [1.807, 2.05) is 0 Å². The molecule has 1 aromatic rings. The van der Waals surface area contributed by atoms with Crippen molar-refractivity contribution in [2.75, 3.05) is 18.4 Å². The average Bonchev–Trinajstić information content (AvgIpc) is 2.38. The van der Waals surface area contributed by atoms with Gasteiger partial charge in [-0.3, -0.25) is 4.79 Å². The second-order valence-electron chi connectivity index (χ2n) is 4.55. The molecule has 2 rings (SSSR count). The molecular formula is C13H15BrFNO2. The zero-order chi connectivity index (χ0) is 13.1. The summed E-state index contributed by atoms with van der Waals surface area (Å²) in [4.78, 5) is 13.8. The lowest BCUT2D eigenvalue weighted by Crippen LogP contribution is -2.40. The van der Waals surface area contributed by atoms with E-state index in [1.54, 1.807) is 4.90 Å². The van der Waals surface area contributed by atoms with Crippen molar-refractivity contribution in [2.45, 2.75) is 12.8 Å². The Bertz CT molecular complexity index is 432. The van der Waals surface area contributed by atoms with Gasteiger partial charge in [0.2, 0.25) is 0 Å². The maximum Gasteiger partial charge on any atom is 0.260 e. The normalized spacial score (nSPS) is 19.9. The molecule has 98 valence electrons. The van der Waals surface area contributed by atoms with Crippen molar-refractivity contribution in [3.8, 4) is 5.75 Å². The smallest absolute Gasteiger partial charge is 0.260 e. The molecule has 1 heterocycles. The topological polar surface area (TPSA) is 40.5 Å². The number of aromatic hydroxyl groups is 1. The molecule has 0 radical (unpaired) electrons. The molecule has 1 saturated heterocycles. The van der Waals surface area contributed by atoms with Gasteiger partial charge >= 0.3 is 0 Å². The average molecular weight is 316 g/mol. The SMILES string of the molecule is O=C(c1c(O)cccc1F)N1CCCC(CBr)C1. The fraction of sp³-hybridized carbons (Fsp3) is 0.462. The van der Waals surface area contributed by atoms with E-state index in [9.17, 15) is 14.3 Å². The molecule has 18 heavy (non-hydrogen) atoms. The van der Waals surface area contributed by atoms with Crippen molar-refractivity contribution in [3.05, 3.63) is 29.6 Å². The van der Waals surface area contributed by atoms with Crippen LogP contribution in [0.1, 0.15) is 23.2 Å². The highest BCUT2D eigenvalue weighted by atomic mass is 79.9. The number of carbonyl (C=O) groups excluding carboxylic acids is 1. The quantitative estimate of drug-likeness (QED) is 0.853. The molecule has 1 aliphatic rings. The Morgan fingerprint density at radius 2 is 2.33 bits per heavy atom. The lowest BCUT2D eigenvalue weighted by atomic mass is 9.99. The van der Waals surface area contributed by atoms with Crippen LogP contribution in [0.4, 0.5) is 4.39 Å². The molecule has 5 heteroatoms. The van der Waals surface area contributed by atoms with E-state index < -0.39 is 11.7 Å². The third kappa shape index (κ3) is 2.66. The van der Waals surface area contributed by atoms with Crippen LogP contribution in [0.15, 0.2) is 18.2 Å². The van der Waals surface area contributed by atoms with Gasteiger partial charge in [0.15, 0.2) is 0 Å². The highest BCUT2D eigenvalue weighted by molar-refractivity contribution is 9.09. The summed E-state index contributed by atoms with van der Waals surface area (Å²) < 4.78 is 13.6. The molecule has 1 N–H and O–H groups in total. The van der Waals surface area contributed by atoms with Gasteiger partial charge in [-0.1, -0.05) is 22.0 Å². The van der Waals surface area contributed by atoms with Crippen LogP contribution >= 0.6 is 15.9 Å². The number of hydrogen-bond donors (Lipinski definition) is 1. The molecule has 0 aliphatic carbocycles. The molecule has 3 nitrogen and oxygen atoms in total. The first-order valence-corrected chi connectivity index (χ1v) is 7.08. The van der Waals surface area contributed by atoms with Crippen LogP contribution < -0.4 is 0 Å². The van der Waals surface area contributed by atoms with Crippen LogP contribution in [-0.4, -0.2) is 34.3 Å². The van der Waals surface area contributed by atoms with Crippen LogP contribution in [-0.2, 0) is 0 Å². The number of piperidine rings is 1. The summed E-state index contributed by atoms with van der Waals surface area (Å²) in [7, 11) is 0. The van der Waals surface area contributed by atoms with Crippen molar-refractivity contribution in [2.24, 2.45) is 5.92 Å². The van der Waals surface area contributed by atoms with Gasteiger partial charge in [-0.25, -0.2) is 4.39 Å². The number of phenols is 1. The lowest BCUT2D eigenvalue weighted by Gasteiger charge is -2.32. The van der Waals surface area contributed by atoms with E-state index in [0.29, 0.717) is 19.0 Å². The summed E-state index contributed by atoms with van der Waals surface area (Å²) in [5.74, 6) is -0.977. The van der Waals surface area contributed by atoms with Crippen molar-refractivity contribution >= 4 is 21.8 Å². The number of nitrogens with zero attached hydrogens (tertiary/aromatic N) is 1. The number of benzene rings is 1. The van der Waals surface area contributed by atoms with Gasteiger partial charge in [-0.15, -0.1) is 0 Å². The first-order chi connectivity index (χ1) is 8.63. The molecule has 1 aromatic carbocycles. The highest BCUT2D eigenvalue weighted by Crippen LogP contribution is 2.25. The Hall–Kier alpha value is -1.10. The molecular weight excluding hydrogens is 301 g/mol. The Labute approximate surface area is 114 Å². The standard InChI is InChI=1S/C13H15BrFNO2/c14-7-9-3-2-6-16(8-9)13(18)12-10(15)4-1-5-11(12)17/h1,4-5,9,17H,2-3,6-8H2. The molecule has 0 spiro atoms. The fourth-order valence-electron chi connectivity index (χ4n) is 2.26. The molecule has 1 amide bonds. The second kappa shape index (κ2) is 5.69. The minimum atomic E-state index is -0.666. The predicted octanol–water partition coefficient (Wildman–Crippen LogP) is 2.78. The lowest BCUT2D eigenvalue weighted by molar-refractivity contribution is 0.0678. The number of alkyl halides is 1. The van der Waals surface area contributed by atoms with Crippen molar-refractivity contribution in [1.82, 2.24) is 4.90 Å². The molecule has 1 atom stereocenters. The number of carbonyl (C=O) groups is 1. The van der Waals surface area contributed by atoms with Gasteiger partial charge in [-0.05, 0) is 30.9 Å². The third-order valence-corrected chi connectivity index (χ3v) is 4.15. The molecule has 0 bridgehead atoms. The number of hydrogen-bond acceptors (Lipinski definition) is 2. The maximum absolute atomic E-state index is 13.6. The van der Waals surface area contributed by atoms with Gasteiger partial charge < -0.3 is 10.0 Å². The van der Waals surface area contributed by atoms with Crippen molar-refractivity contribution in [1.29, 1.82) is 0 Å². The van der Waals surface area contributed by atoms with Crippen LogP contribution in [0.2, 0.25) is 0 Å². The summed E-state index contributed by atoms with van der Waals surface area (Å²) in [5.41, 5.74) is -0.215. The summed E-state index contributed by atoms with van der Waals surface area (Å²) >= 11 is 3.41. The van der Waals surface area contributed by atoms with Crippen LogP contribution in [0.3, 0.4) is 0 Å². The summed E-state index contributed by atoms with van der Waals surface area (Å²) in [5, 5.41) is 10.5. The Kier molecular flexibility index (Phi) is 4.22. The fourth-order valence-corrected chi connectivity index (χ4v) is 2.79. The number of likely N-dealkylation sites (tertiary alicyclic amines) is 1. The van der Waals surface area contributed by atoms with Crippen LogP contribution in [0, 0.1) is 11.7 Å². The van der Waals surface area contributed by atoms with Crippen LogP contribution in [0.25, 0.3) is 0 Å². The number of rotatable bonds is 2. The van der Waals surface area contributed by atoms with E-state index in [0.717, 1.165) is 18.2 Å². The van der Waals surface area contributed by atoms with E-state index in [4.69, 9.17) is 0 Å². The van der Waals surface area contributed by atoms with Gasteiger partial charge in [0.25, 0.3) is 5.91 Å². The Balaban J connectivity index is 2.20. The zero-order valence-corrected chi connectivity index (χ0v) is 11.5. The summed E-state index contributed by atoms with van der Waals surface area (Å²) in [6.07, 6.45) is 1.98. The number of halogens is 2. The van der Waals surface area contributed by atoms with E-state index in [1.165, 1.54) is 18.2 Å². The molecule has 0 saturated carbocycles. The number of phenolic OH excluding ortho intramolecular Hbond substituents is 1. The van der Waals surface area contributed by atoms with Gasteiger partial charge in [0, 0.05) is 18.4 Å². The van der Waals surface area contributed by atoms with Gasteiger partial charge in [0.05, 0.1) is 0 Å². The van der Waals surface area contributed by atoms with Crippen molar-refractivity contribution in [3.63, 3.8) is 0 Å². The van der Waals surface area contributed by atoms with Crippen molar-refractivity contribution < 1.29 is 14.3 Å². The number of amides is 1. The minimum Gasteiger partial charge on any atom is -0.507 e. The monoisotopic (exact) mass is 315 g/mol. The van der Waals surface area contributed by atoms with E-state index in [2.05, 4.69) is 15.9 Å². The molecule has 1 aliphatic heterocycles. The molecule has 1 fully saturated rings. The van der Waals surface area contributed by atoms with Crippen LogP contribution in [0.5, 0.6) is 5.75 Å². The largest absolute Gasteiger partial charge is 0.507 e. The third-order valence-electron chi connectivity index (χ3n) is 3.23. The van der Waals surface area contributed by atoms with E-state index >= 15 is 0 Å². The zero-order valence-electron chi connectivity index (χ0n) is 9.90.